The Morgan fingerprint density at radius 2 is 1.96 bits per heavy atom. The van der Waals surface area contributed by atoms with Crippen LogP contribution in [-0.4, -0.2) is 65.0 Å². The van der Waals surface area contributed by atoms with Crippen LogP contribution in [0.2, 0.25) is 0 Å². The fourth-order valence-electron chi connectivity index (χ4n) is 4.15. The summed E-state index contributed by atoms with van der Waals surface area (Å²) in [4.78, 5) is 0. The van der Waals surface area contributed by atoms with Crippen molar-refractivity contribution in [2.45, 2.75) is 37.1 Å². The Morgan fingerprint density at radius 1 is 1.07 bits per heavy atom. The minimum atomic E-state index is -0.0436. The first kappa shape index (κ1) is 15.8. The summed E-state index contributed by atoms with van der Waals surface area (Å²) in [5, 5.41) is 16.0. The smallest absolute Gasteiger partial charge is 0.231 e. The summed E-state index contributed by atoms with van der Waals surface area (Å²) in [5.74, 6) is 2.97. The van der Waals surface area contributed by atoms with Crippen LogP contribution in [0.5, 0.6) is 11.5 Å². The Labute approximate surface area is 155 Å². The lowest BCUT2D eigenvalue weighted by Gasteiger charge is -2.18. The highest BCUT2D eigenvalue weighted by molar-refractivity contribution is 5.61. The molecule has 0 amide bonds. The first-order valence-corrected chi connectivity index (χ1v) is 9.51. The summed E-state index contributed by atoms with van der Waals surface area (Å²) in [7, 11) is 0. The van der Waals surface area contributed by atoms with Crippen LogP contribution >= 0.6 is 0 Å². The topological polar surface area (TPSA) is 92.6 Å². The van der Waals surface area contributed by atoms with E-state index in [2.05, 4.69) is 20.8 Å². The second kappa shape index (κ2) is 6.15. The maximum absolute atomic E-state index is 6.09. The van der Waals surface area contributed by atoms with Crippen LogP contribution in [0.4, 0.5) is 0 Å². The highest BCUT2D eigenvalue weighted by atomic mass is 16.7. The lowest BCUT2D eigenvalue weighted by Crippen LogP contribution is -2.41. The maximum atomic E-state index is 6.09. The van der Waals surface area contributed by atoms with Crippen molar-refractivity contribution in [1.29, 1.82) is 0 Å². The molecule has 142 valence electrons. The van der Waals surface area contributed by atoms with Crippen LogP contribution < -0.4 is 14.8 Å². The van der Waals surface area contributed by atoms with Gasteiger partial charge in [0.05, 0.1) is 19.3 Å². The summed E-state index contributed by atoms with van der Waals surface area (Å²) in [6, 6.07) is 5.93. The van der Waals surface area contributed by atoms with Crippen molar-refractivity contribution in [1.82, 2.24) is 25.5 Å². The van der Waals surface area contributed by atoms with E-state index in [1.165, 1.54) is 12.8 Å². The molecule has 4 atom stereocenters. The van der Waals surface area contributed by atoms with Crippen molar-refractivity contribution in [3.63, 3.8) is 0 Å². The van der Waals surface area contributed by atoms with Gasteiger partial charge in [-0.15, -0.1) is 5.10 Å². The second-order valence-corrected chi connectivity index (χ2v) is 7.64. The molecule has 9 heteroatoms. The van der Waals surface area contributed by atoms with Gasteiger partial charge in [-0.3, -0.25) is 0 Å². The molecular formula is C18H21N5O4. The number of ether oxygens (including phenoxy) is 4. The highest BCUT2D eigenvalue weighted by Crippen LogP contribution is 2.39. The van der Waals surface area contributed by atoms with Gasteiger partial charge >= 0.3 is 0 Å². The van der Waals surface area contributed by atoms with E-state index < -0.39 is 0 Å². The van der Waals surface area contributed by atoms with E-state index in [1.807, 2.05) is 22.9 Å². The molecule has 27 heavy (non-hydrogen) atoms. The SMILES string of the molecule is c1cc2c(cc1-c1nnnn1[C@@H]1CO[C@@H]3[C@@H]1OC[C@@H]3NCC1CC1)OCO2. The third kappa shape index (κ3) is 2.69. The standard InChI is InChI=1S/C18H21N5O4/c1-2-10(1)6-19-12-7-24-17-13(8-25-16(12)17)23-18(20-21-22-23)11-3-4-14-15(5-11)27-9-26-14/h3-5,10,12-13,16-17,19H,1-2,6-9H2/t12-,13+,16-,17+/m0/s1. The predicted molar refractivity (Wildman–Crippen MR) is 92.4 cm³/mol. The average Bonchev–Trinajstić information content (AvgIpc) is 3.11. The van der Waals surface area contributed by atoms with Crippen LogP contribution in [0.15, 0.2) is 18.2 Å². The van der Waals surface area contributed by atoms with Gasteiger partial charge in [-0.1, -0.05) is 0 Å². The monoisotopic (exact) mass is 371 g/mol. The molecule has 1 aromatic heterocycles. The number of fused-ring (bicyclic) bond motifs is 2. The fraction of sp³-hybridized carbons (Fsp3) is 0.611. The Balaban J connectivity index is 1.24. The lowest BCUT2D eigenvalue weighted by atomic mass is 10.1. The van der Waals surface area contributed by atoms with Gasteiger partial charge in [0.25, 0.3) is 0 Å². The van der Waals surface area contributed by atoms with E-state index >= 15 is 0 Å². The normalized spacial score (nSPS) is 31.4. The Hall–Kier alpha value is -2.23. The highest BCUT2D eigenvalue weighted by Gasteiger charge is 2.49. The lowest BCUT2D eigenvalue weighted by molar-refractivity contribution is 0.0621. The zero-order chi connectivity index (χ0) is 17.8. The van der Waals surface area contributed by atoms with Gasteiger partial charge in [0.2, 0.25) is 6.79 Å². The number of hydrogen-bond donors (Lipinski definition) is 1. The number of hydrogen-bond acceptors (Lipinski definition) is 8. The second-order valence-electron chi connectivity index (χ2n) is 7.64. The Kier molecular flexibility index (Phi) is 3.60. The van der Waals surface area contributed by atoms with Crippen molar-refractivity contribution in [3.05, 3.63) is 18.2 Å². The van der Waals surface area contributed by atoms with Gasteiger partial charge in [0, 0.05) is 5.56 Å². The van der Waals surface area contributed by atoms with Crippen molar-refractivity contribution in [2.24, 2.45) is 5.92 Å². The minimum absolute atomic E-state index is 0.0434. The van der Waals surface area contributed by atoms with E-state index in [0.29, 0.717) is 24.8 Å². The molecule has 0 unspecified atom stereocenters. The maximum Gasteiger partial charge on any atom is 0.231 e. The van der Waals surface area contributed by atoms with Crippen molar-refractivity contribution in [3.8, 4) is 22.9 Å². The first-order valence-electron chi connectivity index (χ1n) is 9.51. The molecule has 0 bridgehead atoms. The third-order valence-corrected chi connectivity index (χ3v) is 5.83. The number of nitrogens with one attached hydrogen (secondary N) is 1. The number of tetrazole rings is 1. The van der Waals surface area contributed by atoms with E-state index in [1.54, 1.807) is 0 Å². The zero-order valence-corrected chi connectivity index (χ0v) is 14.8. The van der Waals surface area contributed by atoms with E-state index in [9.17, 15) is 0 Å². The van der Waals surface area contributed by atoms with Crippen molar-refractivity contribution >= 4 is 0 Å². The van der Waals surface area contributed by atoms with Crippen LogP contribution in [0.3, 0.4) is 0 Å². The molecule has 6 rings (SSSR count). The molecule has 4 heterocycles. The summed E-state index contributed by atoms with van der Waals surface area (Å²) < 4.78 is 24.9. The third-order valence-electron chi connectivity index (χ3n) is 5.83. The van der Waals surface area contributed by atoms with Crippen LogP contribution in [0.1, 0.15) is 18.9 Å². The molecule has 0 radical (unpaired) electrons. The largest absolute Gasteiger partial charge is 0.454 e. The molecule has 1 aromatic carbocycles. The summed E-state index contributed by atoms with van der Waals surface area (Å²) in [6.45, 7) is 2.51. The van der Waals surface area contributed by atoms with Gasteiger partial charge in [-0.05, 0) is 53.9 Å². The number of nitrogens with zero attached hydrogens (tertiary/aromatic N) is 4. The van der Waals surface area contributed by atoms with Crippen LogP contribution in [0, 0.1) is 5.92 Å². The minimum Gasteiger partial charge on any atom is -0.454 e. The molecule has 0 spiro atoms. The Bertz CT molecular complexity index is 854. The molecular weight excluding hydrogens is 350 g/mol. The predicted octanol–water partition coefficient (Wildman–Crippen LogP) is 0.776. The first-order chi connectivity index (χ1) is 13.4. The molecule has 2 aromatic rings. The van der Waals surface area contributed by atoms with E-state index in [0.717, 1.165) is 23.8 Å². The van der Waals surface area contributed by atoms with E-state index in [4.69, 9.17) is 18.9 Å². The number of rotatable bonds is 5. The molecule has 3 aliphatic heterocycles. The fourth-order valence-corrected chi connectivity index (χ4v) is 4.15. The Morgan fingerprint density at radius 3 is 2.89 bits per heavy atom. The molecule has 3 fully saturated rings. The van der Waals surface area contributed by atoms with Gasteiger partial charge in [-0.25, -0.2) is 4.68 Å². The average molecular weight is 371 g/mol. The van der Waals surface area contributed by atoms with Crippen LogP contribution in [-0.2, 0) is 9.47 Å². The quantitative estimate of drug-likeness (QED) is 0.824. The van der Waals surface area contributed by atoms with Gasteiger partial charge < -0.3 is 24.3 Å². The molecule has 1 N–H and O–H groups in total. The molecule has 4 aliphatic rings. The van der Waals surface area contributed by atoms with Crippen LogP contribution in [0.25, 0.3) is 11.4 Å². The zero-order valence-electron chi connectivity index (χ0n) is 14.8. The summed E-state index contributed by atoms with van der Waals surface area (Å²) in [6.07, 6.45) is 2.67. The van der Waals surface area contributed by atoms with Gasteiger partial charge in [0.15, 0.2) is 17.3 Å². The number of aromatic nitrogens is 4. The molecule has 1 saturated carbocycles. The molecule has 9 nitrogen and oxygen atoms in total. The summed E-state index contributed by atoms with van der Waals surface area (Å²) >= 11 is 0. The summed E-state index contributed by atoms with van der Waals surface area (Å²) in [5.41, 5.74) is 0.883. The van der Waals surface area contributed by atoms with E-state index in [-0.39, 0.29) is 31.1 Å². The van der Waals surface area contributed by atoms with Crippen molar-refractivity contribution < 1.29 is 18.9 Å². The van der Waals surface area contributed by atoms with Gasteiger partial charge in [0.1, 0.15) is 18.2 Å². The molecule has 2 saturated heterocycles. The number of benzene rings is 1. The van der Waals surface area contributed by atoms with Crippen molar-refractivity contribution in [2.75, 3.05) is 26.6 Å². The van der Waals surface area contributed by atoms with Gasteiger partial charge in [-0.2, -0.15) is 0 Å². The molecule has 1 aliphatic carbocycles.